The lowest BCUT2D eigenvalue weighted by Crippen LogP contribution is -1.92. The van der Waals surface area contributed by atoms with Gasteiger partial charge in [0.25, 0.3) is 0 Å². The number of hydrogen-bond donors (Lipinski definition) is 0. The molecule has 0 N–H and O–H groups in total. The number of nitrogens with zero attached hydrogens (tertiary/aromatic N) is 2. The number of benzene rings is 2. The second-order valence-corrected chi connectivity index (χ2v) is 7.69. The van der Waals surface area contributed by atoms with Crippen LogP contribution in [0.3, 0.4) is 0 Å². The van der Waals surface area contributed by atoms with Gasteiger partial charge in [0.05, 0.1) is 17.1 Å². The molecule has 0 aliphatic heterocycles. The second-order valence-electron chi connectivity index (χ2n) is 5.86. The Bertz CT molecular complexity index is 1050. The summed E-state index contributed by atoms with van der Waals surface area (Å²) in [6.07, 6.45) is 1.79. The average Bonchev–Trinajstić information content (AvgIpc) is 2.69. The van der Waals surface area contributed by atoms with Crippen LogP contribution >= 0.6 is 31.9 Å². The Balaban J connectivity index is 1.91. The van der Waals surface area contributed by atoms with Crippen molar-refractivity contribution in [3.05, 3.63) is 94.0 Å². The van der Waals surface area contributed by atoms with Crippen LogP contribution in [0.25, 0.3) is 33.8 Å². The van der Waals surface area contributed by atoms with Gasteiger partial charge in [0.2, 0.25) is 0 Å². The number of hydrogen-bond acceptors (Lipinski definition) is 2. The van der Waals surface area contributed by atoms with E-state index in [0.717, 1.165) is 42.7 Å². The standard InChI is InChI=1S/C22H14Br2N2/c23-18-9-7-15(8-10-18)21-13-17(16-4-3-5-19(24)12-16)14-22(26-21)20-6-1-2-11-25-20/h1-14H. The van der Waals surface area contributed by atoms with E-state index in [2.05, 4.69) is 73.2 Å². The molecule has 2 heterocycles. The van der Waals surface area contributed by atoms with Gasteiger partial charge in [0.1, 0.15) is 0 Å². The zero-order valence-corrected chi connectivity index (χ0v) is 16.9. The van der Waals surface area contributed by atoms with E-state index >= 15 is 0 Å². The molecule has 2 nitrogen and oxygen atoms in total. The van der Waals surface area contributed by atoms with Gasteiger partial charge in [-0.15, -0.1) is 0 Å². The predicted octanol–water partition coefficient (Wildman–Crippen LogP) is 7.00. The molecule has 26 heavy (non-hydrogen) atoms. The smallest absolute Gasteiger partial charge is 0.0899 e. The van der Waals surface area contributed by atoms with Crippen molar-refractivity contribution in [3.8, 4) is 33.8 Å². The Morgan fingerprint density at radius 3 is 2.08 bits per heavy atom. The van der Waals surface area contributed by atoms with Crippen LogP contribution in [0.4, 0.5) is 0 Å². The highest BCUT2D eigenvalue weighted by molar-refractivity contribution is 9.10. The maximum Gasteiger partial charge on any atom is 0.0899 e. The first kappa shape index (κ1) is 17.1. The highest BCUT2D eigenvalue weighted by Crippen LogP contribution is 2.31. The summed E-state index contributed by atoms with van der Waals surface area (Å²) in [7, 11) is 0. The first-order chi connectivity index (χ1) is 12.7. The zero-order chi connectivity index (χ0) is 17.9. The molecule has 0 bridgehead atoms. The van der Waals surface area contributed by atoms with Gasteiger partial charge in [0.15, 0.2) is 0 Å². The SMILES string of the molecule is Brc1ccc(-c2cc(-c3cccc(Br)c3)cc(-c3ccccn3)n2)cc1. The third kappa shape index (κ3) is 3.76. The first-order valence-electron chi connectivity index (χ1n) is 8.14. The van der Waals surface area contributed by atoms with Crippen molar-refractivity contribution in [1.29, 1.82) is 0 Å². The van der Waals surface area contributed by atoms with Gasteiger partial charge in [-0.05, 0) is 59.7 Å². The minimum atomic E-state index is 0.862. The molecule has 0 saturated carbocycles. The molecule has 126 valence electrons. The van der Waals surface area contributed by atoms with Crippen molar-refractivity contribution >= 4 is 31.9 Å². The van der Waals surface area contributed by atoms with Gasteiger partial charge in [-0.25, -0.2) is 4.98 Å². The van der Waals surface area contributed by atoms with Crippen LogP contribution in [0.2, 0.25) is 0 Å². The minimum absolute atomic E-state index is 0.862. The Labute approximate surface area is 169 Å². The summed E-state index contributed by atoms with van der Waals surface area (Å²) in [5, 5.41) is 0. The molecular formula is C22H14Br2N2. The van der Waals surface area contributed by atoms with Gasteiger partial charge >= 0.3 is 0 Å². The number of aromatic nitrogens is 2. The largest absolute Gasteiger partial charge is 0.255 e. The summed E-state index contributed by atoms with van der Waals surface area (Å²) in [4.78, 5) is 9.33. The van der Waals surface area contributed by atoms with E-state index in [4.69, 9.17) is 4.98 Å². The highest BCUT2D eigenvalue weighted by atomic mass is 79.9. The molecule has 0 spiro atoms. The molecule has 0 aliphatic rings. The maximum atomic E-state index is 4.86. The van der Waals surface area contributed by atoms with Crippen LogP contribution in [0.5, 0.6) is 0 Å². The topological polar surface area (TPSA) is 25.8 Å². The fourth-order valence-corrected chi connectivity index (χ4v) is 3.44. The molecule has 2 aromatic carbocycles. The van der Waals surface area contributed by atoms with E-state index in [1.54, 1.807) is 6.20 Å². The normalized spacial score (nSPS) is 10.7. The minimum Gasteiger partial charge on any atom is -0.255 e. The lowest BCUT2D eigenvalue weighted by Gasteiger charge is -2.10. The summed E-state index contributed by atoms with van der Waals surface area (Å²) >= 11 is 7.05. The van der Waals surface area contributed by atoms with E-state index < -0.39 is 0 Å². The average molecular weight is 466 g/mol. The predicted molar refractivity (Wildman–Crippen MR) is 114 cm³/mol. The fraction of sp³-hybridized carbons (Fsp3) is 0. The maximum absolute atomic E-state index is 4.86. The molecule has 4 aromatic rings. The molecule has 0 fully saturated rings. The molecule has 0 atom stereocenters. The number of halogens is 2. The zero-order valence-electron chi connectivity index (χ0n) is 13.7. The van der Waals surface area contributed by atoms with Crippen molar-refractivity contribution in [2.75, 3.05) is 0 Å². The van der Waals surface area contributed by atoms with E-state index in [0.29, 0.717) is 0 Å². The quantitative estimate of drug-likeness (QED) is 0.325. The number of pyridine rings is 2. The highest BCUT2D eigenvalue weighted by Gasteiger charge is 2.10. The molecule has 2 aromatic heterocycles. The first-order valence-corrected chi connectivity index (χ1v) is 9.73. The second kappa shape index (κ2) is 7.52. The van der Waals surface area contributed by atoms with E-state index in [1.165, 1.54) is 0 Å². The van der Waals surface area contributed by atoms with Gasteiger partial charge in [-0.2, -0.15) is 0 Å². The Kier molecular flexibility index (Phi) is 4.96. The van der Waals surface area contributed by atoms with E-state index in [9.17, 15) is 0 Å². The van der Waals surface area contributed by atoms with Crippen molar-refractivity contribution in [2.45, 2.75) is 0 Å². The molecule has 0 aliphatic carbocycles. The van der Waals surface area contributed by atoms with Gasteiger partial charge in [0, 0.05) is 20.7 Å². The lowest BCUT2D eigenvalue weighted by molar-refractivity contribution is 1.25. The molecule has 0 radical (unpaired) electrons. The van der Waals surface area contributed by atoms with Crippen LogP contribution in [0, 0.1) is 0 Å². The summed E-state index contributed by atoms with van der Waals surface area (Å²) < 4.78 is 2.10. The van der Waals surface area contributed by atoms with E-state index in [1.807, 2.05) is 42.5 Å². The molecule has 4 rings (SSSR count). The Morgan fingerprint density at radius 2 is 1.35 bits per heavy atom. The molecule has 4 heteroatoms. The molecule has 0 amide bonds. The van der Waals surface area contributed by atoms with E-state index in [-0.39, 0.29) is 0 Å². The van der Waals surface area contributed by atoms with Crippen molar-refractivity contribution in [1.82, 2.24) is 9.97 Å². The van der Waals surface area contributed by atoms with Gasteiger partial charge < -0.3 is 0 Å². The van der Waals surface area contributed by atoms with Crippen molar-refractivity contribution < 1.29 is 0 Å². The monoisotopic (exact) mass is 464 g/mol. The fourth-order valence-electron chi connectivity index (χ4n) is 2.78. The van der Waals surface area contributed by atoms with Crippen molar-refractivity contribution in [3.63, 3.8) is 0 Å². The summed E-state index contributed by atoms with van der Waals surface area (Å²) in [5.74, 6) is 0. The van der Waals surface area contributed by atoms with Crippen LogP contribution in [-0.4, -0.2) is 9.97 Å². The Morgan fingerprint density at radius 1 is 0.538 bits per heavy atom. The molecular weight excluding hydrogens is 452 g/mol. The molecule has 0 unspecified atom stereocenters. The lowest BCUT2D eigenvalue weighted by atomic mass is 10.0. The van der Waals surface area contributed by atoms with Gasteiger partial charge in [-0.3, -0.25) is 4.98 Å². The van der Waals surface area contributed by atoms with Crippen LogP contribution in [0.1, 0.15) is 0 Å². The number of rotatable bonds is 3. The summed E-state index contributed by atoms with van der Waals surface area (Å²) in [5.41, 5.74) is 5.97. The van der Waals surface area contributed by atoms with Crippen LogP contribution < -0.4 is 0 Å². The van der Waals surface area contributed by atoms with Crippen LogP contribution in [-0.2, 0) is 0 Å². The van der Waals surface area contributed by atoms with Crippen LogP contribution in [0.15, 0.2) is 94.0 Å². The van der Waals surface area contributed by atoms with Crippen molar-refractivity contribution in [2.24, 2.45) is 0 Å². The third-order valence-corrected chi connectivity index (χ3v) is 5.07. The third-order valence-electron chi connectivity index (χ3n) is 4.05. The summed E-state index contributed by atoms with van der Waals surface area (Å²) in [6.45, 7) is 0. The summed E-state index contributed by atoms with van der Waals surface area (Å²) in [6, 6.07) is 26.6. The molecule has 0 saturated heterocycles. The van der Waals surface area contributed by atoms with Gasteiger partial charge in [-0.1, -0.05) is 62.2 Å². The Hall–Kier alpha value is -2.30.